The maximum absolute atomic E-state index is 5.91. The van der Waals surface area contributed by atoms with Crippen molar-refractivity contribution in [1.29, 1.82) is 0 Å². The largest absolute Gasteiger partial charge is 0.496 e. The molecule has 2 aromatic rings. The van der Waals surface area contributed by atoms with Crippen molar-refractivity contribution in [3.8, 4) is 5.75 Å². The Kier molecular flexibility index (Phi) is 5.04. The highest BCUT2D eigenvalue weighted by molar-refractivity contribution is 9.10. The predicted octanol–water partition coefficient (Wildman–Crippen LogP) is 3.88. The zero-order valence-electron chi connectivity index (χ0n) is 11.7. The molecule has 3 nitrogen and oxygen atoms in total. The summed E-state index contributed by atoms with van der Waals surface area (Å²) in [5.74, 6) is 0.820. The van der Waals surface area contributed by atoms with E-state index in [1.165, 1.54) is 5.56 Å². The number of anilines is 1. The molecule has 0 saturated carbocycles. The lowest BCUT2D eigenvalue weighted by molar-refractivity contribution is 0.412. The van der Waals surface area contributed by atoms with Crippen LogP contribution in [0.15, 0.2) is 46.9 Å². The minimum Gasteiger partial charge on any atom is -0.496 e. The number of hydrogen-bond donors (Lipinski definition) is 2. The summed E-state index contributed by atoms with van der Waals surface area (Å²) in [6.45, 7) is 2.60. The van der Waals surface area contributed by atoms with Crippen molar-refractivity contribution < 1.29 is 4.74 Å². The third-order valence-corrected chi connectivity index (χ3v) is 3.91. The van der Waals surface area contributed by atoms with Crippen LogP contribution in [0.2, 0.25) is 0 Å². The first kappa shape index (κ1) is 14.9. The van der Waals surface area contributed by atoms with Crippen LogP contribution in [0.3, 0.4) is 0 Å². The molecule has 0 aliphatic carbocycles. The topological polar surface area (TPSA) is 47.3 Å². The molecule has 0 heterocycles. The molecule has 1 atom stereocenters. The first-order valence-corrected chi connectivity index (χ1v) is 7.30. The molecule has 1 unspecified atom stereocenters. The fourth-order valence-corrected chi connectivity index (χ4v) is 2.66. The number of halogens is 1. The van der Waals surface area contributed by atoms with Gasteiger partial charge in [0.15, 0.2) is 0 Å². The van der Waals surface area contributed by atoms with Gasteiger partial charge in [-0.05, 0) is 52.2 Å². The van der Waals surface area contributed by atoms with Crippen molar-refractivity contribution in [3.63, 3.8) is 0 Å². The van der Waals surface area contributed by atoms with Crippen LogP contribution in [-0.2, 0) is 0 Å². The molecule has 0 fully saturated rings. The standard InChI is InChI=1S/C16H19BrN2O/c1-11-5-3-4-6-14(11)19-15(10-18)12-7-8-16(20-2)13(17)9-12/h3-9,15,19H,10,18H2,1-2H3. The third kappa shape index (κ3) is 3.32. The van der Waals surface area contributed by atoms with Gasteiger partial charge in [-0.15, -0.1) is 0 Å². The smallest absolute Gasteiger partial charge is 0.133 e. The van der Waals surface area contributed by atoms with Crippen molar-refractivity contribution in [1.82, 2.24) is 0 Å². The van der Waals surface area contributed by atoms with Gasteiger partial charge in [0.25, 0.3) is 0 Å². The van der Waals surface area contributed by atoms with Crippen LogP contribution in [0.4, 0.5) is 5.69 Å². The van der Waals surface area contributed by atoms with E-state index in [0.29, 0.717) is 6.54 Å². The molecule has 0 saturated heterocycles. The minimum absolute atomic E-state index is 0.0679. The van der Waals surface area contributed by atoms with Gasteiger partial charge in [0.05, 0.1) is 17.6 Å². The molecule has 0 radical (unpaired) electrons. The Morgan fingerprint density at radius 1 is 1.25 bits per heavy atom. The number of nitrogens with one attached hydrogen (secondary N) is 1. The summed E-state index contributed by atoms with van der Waals surface area (Å²) >= 11 is 3.51. The maximum atomic E-state index is 5.91. The Hall–Kier alpha value is -1.52. The van der Waals surface area contributed by atoms with Crippen LogP contribution >= 0.6 is 15.9 Å². The quantitative estimate of drug-likeness (QED) is 0.872. The van der Waals surface area contributed by atoms with Crippen molar-refractivity contribution in [2.75, 3.05) is 19.0 Å². The first-order chi connectivity index (χ1) is 9.65. The summed E-state index contributed by atoms with van der Waals surface area (Å²) in [5.41, 5.74) is 9.36. The van der Waals surface area contributed by atoms with Gasteiger partial charge < -0.3 is 15.8 Å². The molecule has 0 bridgehead atoms. The van der Waals surface area contributed by atoms with E-state index in [9.17, 15) is 0 Å². The second-order valence-electron chi connectivity index (χ2n) is 4.64. The normalized spacial score (nSPS) is 12.0. The number of methoxy groups -OCH3 is 1. The fraction of sp³-hybridized carbons (Fsp3) is 0.250. The zero-order valence-corrected chi connectivity index (χ0v) is 13.3. The second-order valence-corrected chi connectivity index (χ2v) is 5.50. The molecule has 2 rings (SSSR count). The second kappa shape index (κ2) is 6.77. The molecule has 0 aliphatic heterocycles. The molecule has 20 heavy (non-hydrogen) atoms. The summed E-state index contributed by atoms with van der Waals surface area (Å²) < 4.78 is 6.19. The first-order valence-electron chi connectivity index (χ1n) is 6.51. The fourth-order valence-electron chi connectivity index (χ4n) is 2.10. The van der Waals surface area contributed by atoms with Gasteiger partial charge in [-0.1, -0.05) is 24.3 Å². The van der Waals surface area contributed by atoms with Gasteiger partial charge in [-0.3, -0.25) is 0 Å². The number of rotatable bonds is 5. The number of benzene rings is 2. The highest BCUT2D eigenvalue weighted by atomic mass is 79.9. The molecule has 0 spiro atoms. The Bertz CT molecular complexity index is 586. The number of nitrogens with two attached hydrogens (primary N) is 1. The molecule has 3 N–H and O–H groups in total. The van der Waals surface area contributed by atoms with Crippen molar-refractivity contribution in [2.24, 2.45) is 5.73 Å². The molecular weight excluding hydrogens is 316 g/mol. The highest BCUT2D eigenvalue weighted by Gasteiger charge is 2.12. The monoisotopic (exact) mass is 334 g/mol. The SMILES string of the molecule is COc1ccc(C(CN)Nc2ccccc2C)cc1Br. The molecule has 0 aliphatic rings. The summed E-state index contributed by atoms with van der Waals surface area (Å²) in [7, 11) is 1.66. The number of aryl methyl sites for hydroxylation is 1. The molecule has 106 valence electrons. The Balaban J connectivity index is 2.24. The van der Waals surface area contributed by atoms with Crippen molar-refractivity contribution >= 4 is 21.6 Å². The average Bonchev–Trinajstić information content (AvgIpc) is 2.46. The van der Waals surface area contributed by atoms with Crippen LogP contribution in [0, 0.1) is 6.92 Å². The maximum Gasteiger partial charge on any atom is 0.133 e. The Morgan fingerprint density at radius 2 is 2.00 bits per heavy atom. The lowest BCUT2D eigenvalue weighted by atomic mass is 10.1. The van der Waals surface area contributed by atoms with Gasteiger partial charge in [0.2, 0.25) is 0 Å². The van der Waals surface area contributed by atoms with Gasteiger partial charge in [-0.2, -0.15) is 0 Å². The van der Waals surface area contributed by atoms with Crippen LogP contribution in [0.1, 0.15) is 17.2 Å². The third-order valence-electron chi connectivity index (χ3n) is 3.29. The van der Waals surface area contributed by atoms with E-state index >= 15 is 0 Å². The van der Waals surface area contributed by atoms with E-state index in [1.807, 2.05) is 30.3 Å². The highest BCUT2D eigenvalue weighted by Crippen LogP contribution is 2.29. The summed E-state index contributed by atoms with van der Waals surface area (Å²) in [6.07, 6.45) is 0. The van der Waals surface area contributed by atoms with Crippen LogP contribution in [0.25, 0.3) is 0 Å². The average molecular weight is 335 g/mol. The molecule has 0 amide bonds. The van der Waals surface area contributed by atoms with E-state index < -0.39 is 0 Å². The van der Waals surface area contributed by atoms with E-state index in [-0.39, 0.29) is 6.04 Å². The Morgan fingerprint density at radius 3 is 2.60 bits per heavy atom. The van der Waals surface area contributed by atoms with E-state index in [4.69, 9.17) is 10.5 Å². The number of hydrogen-bond acceptors (Lipinski definition) is 3. The van der Waals surface area contributed by atoms with Crippen molar-refractivity contribution in [2.45, 2.75) is 13.0 Å². The number of para-hydroxylation sites is 1. The summed E-state index contributed by atoms with van der Waals surface area (Å²) in [4.78, 5) is 0. The molecule has 2 aromatic carbocycles. The minimum atomic E-state index is 0.0679. The zero-order chi connectivity index (χ0) is 14.5. The van der Waals surface area contributed by atoms with Gasteiger partial charge in [0, 0.05) is 12.2 Å². The van der Waals surface area contributed by atoms with E-state index in [2.05, 4.69) is 40.3 Å². The summed E-state index contributed by atoms with van der Waals surface area (Å²) in [6, 6.07) is 14.3. The van der Waals surface area contributed by atoms with Crippen LogP contribution in [-0.4, -0.2) is 13.7 Å². The Labute approximate surface area is 128 Å². The van der Waals surface area contributed by atoms with Crippen molar-refractivity contribution in [3.05, 3.63) is 58.1 Å². The molecular formula is C16H19BrN2O. The molecule has 4 heteroatoms. The lowest BCUT2D eigenvalue weighted by Crippen LogP contribution is -2.21. The van der Waals surface area contributed by atoms with E-state index in [1.54, 1.807) is 7.11 Å². The van der Waals surface area contributed by atoms with Gasteiger partial charge >= 0.3 is 0 Å². The van der Waals surface area contributed by atoms with Crippen LogP contribution in [0.5, 0.6) is 5.75 Å². The number of ether oxygens (including phenoxy) is 1. The van der Waals surface area contributed by atoms with Gasteiger partial charge in [0.1, 0.15) is 5.75 Å². The van der Waals surface area contributed by atoms with E-state index in [0.717, 1.165) is 21.5 Å². The molecule has 0 aromatic heterocycles. The summed E-state index contributed by atoms with van der Waals surface area (Å²) in [5, 5.41) is 3.49. The predicted molar refractivity (Wildman–Crippen MR) is 87.3 cm³/mol. The van der Waals surface area contributed by atoms with Crippen LogP contribution < -0.4 is 15.8 Å². The van der Waals surface area contributed by atoms with Gasteiger partial charge in [-0.25, -0.2) is 0 Å². The lowest BCUT2D eigenvalue weighted by Gasteiger charge is -2.20.